The van der Waals surface area contributed by atoms with Crippen LogP contribution in [0.3, 0.4) is 0 Å². The van der Waals surface area contributed by atoms with Crippen molar-refractivity contribution in [2.24, 2.45) is 0 Å². The van der Waals surface area contributed by atoms with E-state index in [1.807, 2.05) is 11.0 Å². The number of thiophene rings is 1. The van der Waals surface area contributed by atoms with Crippen molar-refractivity contribution in [3.8, 4) is 10.6 Å². The van der Waals surface area contributed by atoms with Gasteiger partial charge in [-0.1, -0.05) is 6.07 Å². The van der Waals surface area contributed by atoms with Gasteiger partial charge in [0.15, 0.2) is 0 Å². The van der Waals surface area contributed by atoms with Gasteiger partial charge in [0, 0.05) is 44.2 Å². The maximum Gasteiger partial charge on any atom is 0.219 e. The van der Waals surface area contributed by atoms with Gasteiger partial charge in [-0.3, -0.25) is 9.48 Å². The van der Waals surface area contributed by atoms with E-state index in [1.165, 1.54) is 16.1 Å². The number of hydrogen-bond acceptors (Lipinski definition) is 3. The second kappa shape index (κ2) is 4.81. The van der Waals surface area contributed by atoms with E-state index in [4.69, 9.17) is 5.10 Å². The summed E-state index contributed by atoms with van der Waals surface area (Å²) in [6.07, 6.45) is 0.904. The number of hydrogen-bond donors (Lipinski definition) is 0. The fourth-order valence-corrected chi connectivity index (χ4v) is 3.37. The molecule has 0 spiro atoms. The van der Waals surface area contributed by atoms with Gasteiger partial charge >= 0.3 is 0 Å². The predicted molar refractivity (Wildman–Crippen MR) is 76.0 cm³/mol. The molecule has 2 aromatic heterocycles. The van der Waals surface area contributed by atoms with Crippen LogP contribution < -0.4 is 0 Å². The molecule has 0 saturated carbocycles. The Balaban J connectivity index is 2.07. The largest absolute Gasteiger partial charge is 0.338 e. The first-order chi connectivity index (χ1) is 9.20. The zero-order valence-electron chi connectivity index (χ0n) is 11.2. The molecule has 0 aromatic carbocycles. The van der Waals surface area contributed by atoms with Gasteiger partial charge in [0.2, 0.25) is 5.91 Å². The Labute approximate surface area is 116 Å². The Hall–Kier alpha value is -1.62. The summed E-state index contributed by atoms with van der Waals surface area (Å²) in [5.41, 5.74) is 3.58. The number of aromatic nitrogens is 2. The molecule has 0 atom stereocenters. The van der Waals surface area contributed by atoms with Crippen LogP contribution in [0.5, 0.6) is 0 Å². The Morgan fingerprint density at radius 3 is 3.00 bits per heavy atom. The second-order valence-corrected chi connectivity index (χ2v) is 5.71. The van der Waals surface area contributed by atoms with Crippen LogP contribution in [0.25, 0.3) is 10.6 Å². The second-order valence-electron chi connectivity index (χ2n) is 4.76. The van der Waals surface area contributed by atoms with Crippen LogP contribution in [0.1, 0.15) is 25.1 Å². The van der Waals surface area contributed by atoms with Crippen molar-refractivity contribution < 1.29 is 4.79 Å². The third-order valence-electron chi connectivity index (χ3n) is 3.63. The van der Waals surface area contributed by atoms with Crippen molar-refractivity contribution in [2.75, 3.05) is 6.54 Å². The molecule has 0 bridgehead atoms. The van der Waals surface area contributed by atoms with Crippen LogP contribution >= 0.6 is 11.3 Å². The number of aryl methyl sites for hydroxylation is 1. The fraction of sp³-hybridized carbons (Fsp3) is 0.429. The topological polar surface area (TPSA) is 38.1 Å². The average Bonchev–Trinajstić information content (AvgIpc) is 3.04. The summed E-state index contributed by atoms with van der Waals surface area (Å²) >= 11 is 1.70. The van der Waals surface area contributed by atoms with E-state index in [1.54, 1.807) is 18.3 Å². The van der Waals surface area contributed by atoms with Crippen LogP contribution in [0.4, 0.5) is 0 Å². The molecule has 100 valence electrons. The fourth-order valence-electron chi connectivity index (χ4n) is 2.63. The molecule has 5 heteroatoms. The minimum atomic E-state index is 0.145. The quantitative estimate of drug-likeness (QED) is 0.844. The Morgan fingerprint density at radius 1 is 1.53 bits per heavy atom. The first-order valence-corrected chi connectivity index (χ1v) is 7.46. The number of rotatable bonds is 2. The highest BCUT2D eigenvalue weighted by Crippen LogP contribution is 2.32. The standard InChI is InChI=1S/C14H17N3OS/c1-3-17-12-6-7-16(10(2)18)9-11(12)14(15-17)13-5-4-8-19-13/h4-5,8H,3,6-7,9H2,1-2H3. The smallest absolute Gasteiger partial charge is 0.219 e. The van der Waals surface area contributed by atoms with Gasteiger partial charge in [-0.05, 0) is 18.4 Å². The van der Waals surface area contributed by atoms with Crippen LogP contribution in [0.2, 0.25) is 0 Å². The molecule has 19 heavy (non-hydrogen) atoms. The van der Waals surface area contributed by atoms with Gasteiger partial charge in [0.1, 0.15) is 5.69 Å². The van der Waals surface area contributed by atoms with Gasteiger partial charge in [0.05, 0.1) is 4.88 Å². The summed E-state index contributed by atoms with van der Waals surface area (Å²) in [7, 11) is 0. The monoisotopic (exact) mass is 275 g/mol. The molecular formula is C14H17N3OS. The van der Waals surface area contributed by atoms with E-state index < -0.39 is 0 Å². The molecular weight excluding hydrogens is 258 g/mol. The van der Waals surface area contributed by atoms with Gasteiger partial charge in [0.25, 0.3) is 0 Å². The summed E-state index contributed by atoms with van der Waals surface area (Å²) in [5.74, 6) is 0.145. The molecule has 1 amide bonds. The number of fused-ring (bicyclic) bond motifs is 1. The highest BCUT2D eigenvalue weighted by Gasteiger charge is 2.26. The zero-order chi connectivity index (χ0) is 13.4. The van der Waals surface area contributed by atoms with Crippen LogP contribution in [-0.2, 0) is 24.3 Å². The molecule has 2 aromatic rings. The minimum absolute atomic E-state index is 0.145. The Kier molecular flexibility index (Phi) is 3.14. The molecule has 0 unspecified atom stereocenters. The number of nitrogens with zero attached hydrogens (tertiary/aromatic N) is 3. The van der Waals surface area contributed by atoms with Crippen molar-refractivity contribution in [3.63, 3.8) is 0 Å². The van der Waals surface area contributed by atoms with Crippen molar-refractivity contribution in [1.82, 2.24) is 14.7 Å². The normalized spacial score (nSPS) is 14.5. The van der Waals surface area contributed by atoms with Gasteiger partial charge in [-0.25, -0.2) is 0 Å². The molecule has 0 fully saturated rings. The van der Waals surface area contributed by atoms with E-state index in [0.717, 1.165) is 25.2 Å². The first kappa shape index (κ1) is 12.4. The van der Waals surface area contributed by atoms with Crippen LogP contribution in [-0.4, -0.2) is 27.1 Å². The van der Waals surface area contributed by atoms with E-state index in [-0.39, 0.29) is 5.91 Å². The lowest BCUT2D eigenvalue weighted by atomic mass is 10.0. The summed E-state index contributed by atoms with van der Waals surface area (Å²) in [6.45, 7) is 6.13. The van der Waals surface area contributed by atoms with E-state index in [0.29, 0.717) is 6.54 Å². The van der Waals surface area contributed by atoms with Crippen molar-refractivity contribution in [2.45, 2.75) is 33.4 Å². The Morgan fingerprint density at radius 2 is 2.37 bits per heavy atom. The number of carbonyl (C=O) groups is 1. The summed E-state index contributed by atoms with van der Waals surface area (Å²) < 4.78 is 2.09. The lowest BCUT2D eigenvalue weighted by molar-refractivity contribution is -0.129. The molecule has 3 rings (SSSR count). The minimum Gasteiger partial charge on any atom is -0.338 e. The van der Waals surface area contributed by atoms with Crippen LogP contribution in [0.15, 0.2) is 17.5 Å². The SMILES string of the molecule is CCn1nc(-c2cccs2)c2c1CCN(C(C)=O)C2. The molecule has 4 nitrogen and oxygen atoms in total. The van der Waals surface area contributed by atoms with Crippen molar-refractivity contribution in [1.29, 1.82) is 0 Å². The summed E-state index contributed by atoms with van der Waals surface area (Å²) in [5, 5.41) is 6.80. The maximum atomic E-state index is 11.6. The summed E-state index contributed by atoms with van der Waals surface area (Å²) in [6, 6.07) is 4.14. The number of amides is 1. The van der Waals surface area contributed by atoms with E-state index >= 15 is 0 Å². The van der Waals surface area contributed by atoms with Crippen molar-refractivity contribution in [3.05, 3.63) is 28.8 Å². The van der Waals surface area contributed by atoms with E-state index in [9.17, 15) is 4.79 Å². The third-order valence-corrected chi connectivity index (χ3v) is 4.51. The average molecular weight is 275 g/mol. The van der Waals surface area contributed by atoms with Crippen LogP contribution in [0, 0.1) is 0 Å². The molecule has 3 heterocycles. The lowest BCUT2D eigenvalue weighted by Crippen LogP contribution is -2.34. The molecule has 0 aliphatic carbocycles. The van der Waals surface area contributed by atoms with Gasteiger partial charge in [-0.2, -0.15) is 5.10 Å². The number of carbonyl (C=O) groups excluding carboxylic acids is 1. The van der Waals surface area contributed by atoms with E-state index in [2.05, 4.69) is 23.1 Å². The highest BCUT2D eigenvalue weighted by molar-refractivity contribution is 7.13. The van der Waals surface area contributed by atoms with Gasteiger partial charge in [-0.15, -0.1) is 11.3 Å². The molecule has 0 radical (unpaired) electrons. The summed E-state index contributed by atoms with van der Waals surface area (Å²) in [4.78, 5) is 14.7. The maximum absolute atomic E-state index is 11.6. The zero-order valence-corrected chi connectivity index (χ0v) is 12.0. The highest BCUT2D eigenvalue weighted by atomic mass is 32.1. The molecule has 1 aliphatic heterocycles. The van der Waals surface area contributed by atoms with Crippen molar-refractivity contribution >= 4 is 17.2 Å². The van der Waals surface area contributed by atoms with Gasteiger partial charge < -0.3 is 4.90 Å². The predicted octanol–water partition coefficient (Wildman–Crippen LogP) is 2.54. The first-order valence-electron chi connectivity index (χ1n) is 6.58. The Bertz CT molecular complexity index is 600. The molecule has 1 aliphatic rings. The molecule has 0 saturated heterocycles. The molecule has 0 N–H and O–H groups in total. The lowest BCUT2D eigenvalue weighted by Gasteiger charge is -2.26. The third kappa shape index (κ3) is 2.08.